The topological polar surface area (TPSA) is 46.3 Å². The van der Waals surface area contributed by atoms with Crippen LogP contribution in [-0.2, 0) is 4.79 Å². The Labute approximate surface area is 137 Å². The van der Waals surface area contributed by atoms with Gasteiger partial charge in [-0.2, -0.15) is 0 Å². The van der Waals surface area contributed by atoms with Gasteiger partial charge in [-0.15, -0.1) is 0 Å². The third kappa shape index (κ3) is 2.89. The average Bonchev–Trinajstić information content (AvgIpc) is 2.48. The molecule has 0 aliphatic heterocycles. The molecule has 2 bridgehead atoms. The highest BCUT2D eigenvalue weighted by atomic mass is 35.5. The van der Waals surface area contributed by atoms with Crippen LogP contribution >= 0.6 is 11.6 Å². The highest BCUT2D eigenvalue weighted by molar-refractivity contribution is 6.31. The van der Waals surface area contributed by atoms with Gasteiger partial charge in [-0.3, -0.25) is 4.79 Å². The SMILES string of the molecule is Cc1ccc(N(C)C(=O)C2CC3CCCC(C2)C3N)cc1Cl. The Balaban J connectivity index is 1.74. The van der Waals surface area contributed by atoms with Gasteiger partial charge < -0.3 is 10.6 Å². The van der Waals surface area contributed by atoms with Crippen molar-refractivity contribution in [3.05, 3.63) is 28.8 Å². The molecule has 2 N–H and O–H groups in total. The number of anilines is 1. The van der Waals surface area contributed by atoms with Gasteiger partial charge in [0, 0.05) is 29.7 Å². The van der Waals surface area contributed by atoms with Crippen LogP contribution in [0.4, 0.5) is 5.69 Å². The molecule has 3 rings (SSSR count). The van der Waals surface area contributed by atoms with Gasteiger partial charge >= 0.3 is 0 Å². The highest BCUT2D eigenvalue weighted by Gasteiger charge is 2.41. The largest absolute Gasteiger partial charge is 0.327 e. The fourth-order valence-electron chi connectivity index (χ4n) is 4.18. The molecule has 1 aromatic carbocycles. The molecule has 2 atom stereocenters. The van der Waals surface area contributed by atoms with Crippen molar-refractivity contribution in [2.75, 3.05) is 11.9 Å². The van der Waals surface area contributed by atoms with E-state index in [9.17, 15) is 4.79 Å². The molecular formula is C18H25ClN2O. The van der Waals surface area contributed by atoms with Crippen molar-refractivity contribution in [3.63, 3.8) is 0 Å². The van der Waals surface area contributed by atoms with Crippen molar-refractivity contribution in [1.82, 2.24) is 0 Å². The summed E-state index contributed by atoms with van der Waals surface area (Å²) in [5.41, 5.74) is 8.24. The Kier molecular flexibility index (Phi) is 4.47. The zero-order valence-corrected chi connectivity index (χ0v) is 14.1. The minimum absolute atomic E-state index is 0.111. The maximum absolute atomic E-state index is 12.9. The monoisotopic (exact) mass is 320 g/mol. The van der Waals surface area contributed by atoms with E-state index in [1.807, 2.05) is 32.2 Å². The molecule has 120 valence electrons. The number of carbonyl (C=O) groups is 1. The van der Waals surface area contributed by atoms with Crippen molar-refractivity contribution >= 4 is 23.2 Å². The Hall–Kier alpha value is -1.06. The number of rotatable bonds is 2. The molecule has 1 amide bonds. The first kappa shape index (κ1) is 15.8. The van der Waals surface area contributed by atoms with E-state index in [1.54, 1.807) is 4.90 Å². The predicted octanol–water partition coefficient (Wildman–Crippen LogP) is 3.76. The van der Waals surface area contributed by atoms with Crippen molar-refractivity contribution in [3.8, 4) is 0 Å². The molecule has 0 aromatic heterocycles. The minimum Gasteiger partial charge on any atom is -0.327 e. The fourth-order valence-corrected chi connectivity index (χ4v) is 4.36. The second kappa shape index (κ2) is 6.21. The molecule has 2 unspecified atom stereocenters. The molecule has 0 radical (unpaired) electrons. The van der Waals surface area contributed by atoms with E-state index in [0.29, 0.717) is 22.9 Å². The Morgan fingerprint density at radius 2 is 1.91 bits per heavy atom. The molecule has 0 spiro atoms. The molecule has 2 aliphatic rings. The van der Waals surface area contributed by atoms with Crippen molar-refractivity contribution in [1.29, 1.82) is 0 Å². The van der Waals surface area contributed by atoms with Gasteiger partial charge in [0.1, 0.15) is 0 Å². The molecule has 22 heavy (non-hydrogen) atoms. The Morgan fingerprint density at radius 1 is 1.27 bits per heavy atom. The number of halogens is 1. The molecule has 3 nitrogen and oxygen atoms in total. The number of aryl methyl sites for hydroxylation is 1. The first-order valence-electron chi connectivity index (χ1n) is 8.26. The van der Waals surface area contributed by atoms with E-state index < -0.39 is 0 Å². The number of hydrogen-bond donors (Lipinski definition) is 1. The van der Waals surface area contributed by atoms with Gasteiger partial charge in [0.25, 0.3) is 0 Å². The smallest absolute Gasteiger partial charge is 0.229 e. The minimum atomic E-state index is 0.111. The number of hydrogen-bond acceptors (Lipinski definition) is 2. The Morgan fingerprint density at radius 3 is 2.50 bits per heavy atom. The molecular weight excluding hydrogens is 296 g/mol. The maximum atomic E-state index is 12.9. The van der Waals surface area contributed by atoms with Gasteiger partial charge in [0.05, 0.1) is 0 Å². The van der Waals surface area contributed by atoms with E-state index in [-0.39, 0.29) is 11.8 Å². The molecule has 2 aliphatic carbocycles. The van der Waals surface area contributed by atoms with Gasteiger partial charge in [0.15, 0.2) is 0 Å². The van der Waals surface area contributed by atoms with Gasteiger partial charge in [-0.1, -0.05) is 24.1 Å². The molecule has 2 saturated carbocycles. The lowest BCUT2D eigenvalue weighted by Gasteiger charge is -2.44. The predicted molar refractivity (Wildman–Crippen MR) is 91.1 cm³/mol. The van der Waals surface area contributed by atoms with Crippen LogP contribution in [0.1, 0.15) is 37.7 Å². The van der Waals surface area contributed by atoms with E-state index in [2.05, 4.69) is 0 Å². The van der Waals surface area contributed by atoms with Gasteiger partial charge in [-0.05, 0) is 62.1 Å². The van der Waals surface area contributed by atoms with Gasteiger partial charge in [-0.25, -0.2) is 0 Å². The van der Waals surface area contributed by atoms with E-state index in [4.69, 9.17) is 17.3 Å². The molecule has 0 heterocycles. The number of nitrogens with two attached hydrogens (primary N) is 1. The van der Waals surface area contributed by atoms with E-state index in [0.717, 1.165) is 24.1 Å². The summed E-state index contributed by atoms with van der Waals surface area (Å²) in [5.74, 6) is 1.37. The summed E-state index contributed by atoms with van der Waals surface area (Å²) in [6, 6.07) is 6.11. The van der Waals surface area contributed by atoms with Crippen LogP contribution in [0.25, 0.3) is 0 Å². The third-order valence-corrected chi connectivity index (χ3v) is 6.04. The van der Waals surface area contributed by atoms with Crippen LogP contribution in [0, 0.1) is 24.7 Å². The second-order valence-corrected chi connectivity index (χ2v) is 7.43. The second-order valence-electron chi connectivity index (χ2n) is 7.03. The first-order chi connectivity index (χ1) is 10.5. The zero-order chi connectivity index (χ0) is 15.9. The summed E-state index contributed by atoms with van der Waals surface area (Å²) in [4.78, 5) is 14.6. The van der Waals surface area contributed by atoms with Crippen molar-refractivity contribution in [2.45, 2.75) is 45.1 Å². The fraction of sp³-hybridized carbons (Fsp3) is 0.611. The molecule has 2 fully saturated rings. The van der Waals surface area contributed by atoms with Crippen LogP contribution in [0.3, 0.4) is 0 Å². The summed E-state index contributed by atoms with van der Waals surface area (Å²) >= 11 is 6.19. The number of amides is 1. The summed E-state index contributed by atoms with van der Waals surface area (Å²) in [5, 5.41) is 0.708. The zero-order valence-electron chi connectivity index (χ0n) is 13.4. The van der Waals surface area contributed by atoms with Gasteiger partial charge in [0.2, 0.25) is 5.91 Å². The normalized spacial score (nSPS) is 30.9. The number of fused-ring (bicyclic) bond motifs is 2. The molecule has 1 aromatic rings. The van der Waals surface area contributed by atoms with Crippen LogP contribution in [0.5, 0.6) is 0 Å². The third-order valence-electron chi connectivity index (χ3n) is 5.64. The lowest BCUT2D eigenvalue weighted by molar-refractivity contribution is -0.124. The van der Waals surface area contributed by atoms with Crippen LogP contribution in [0.2, 0.25) is 5.02 Å². The number of nitrogens with zero attached hydrogens (tertiary/aromatic N) is 1. The summed E-state index contributed by atoms with van der Waals surface area (Å²) in [7, 11) is 1.85. The highest BCUT2D eigenvalue weighted by Crippen LogP contribution is 2.42. The van der Waals surface area contributed by atoms with Crippen LogP contribution < -0.4 is 10.6 Å². The summed E-state index contributed by atoms with van der Waals surface area (Å²) in [6.07, 6.45) is 5.53. The van der Waals surface area contributed by atoms with Crippen molar-refractivity contribution in [2.24, 2.45) is 23.5 Å². The molecule has 4 heteroatoms. The standard InChI is InChI=1S/C18H25ClN2O/c1-11-6-7-15(10-16(11)19)21(2)18(22)14-8-12-4-3-5-13(9-14)17(12)20/h6-7,10,12-14,17H,3-5,8-9,20H2,1-2H3. The number of benzene rings is 1. The number of carbonyl (C=O) groups excluding carboxylic acids is 1. The van der Waals surface area contributed by atoms with E-state index >= 15 is 0 Å². The summed E-state index contributed by atoms with van der Waals surface area (Å²) < 4.78 is 0. The first-order valence-corrected chi connectivity index (χ1v) is 8.64. The average molecular weight is 321 g/mol. The molecule has 0 saturated heterocycles. The Bertz CT molecular complexity index is 560. The van der Waals surface area contributed by atoms with E-state index in [1.165, 1.54) is 19.3 Å². The van der Waals surface area contributed by atoms with Crippen molar-refractivity contribution < 1.29 is 4.79 Å². The lowest BCUT2D eigenvalue weighted by Crippen LogP contribution is -2.49. The quantitative estimate of drug-likeness (QED) is 0.901. The lowest BCUT2D eigenvalue weighted by atomic mass is 9.65. The van der Waals surface area contributed by atoms with Crippen LogP contribution in [-0.4, -0.2) is 19.0 Å². The maximum Gasteiger partial charge on any atom is 0.229 e. The van der Waals surface area contributed by atoms with Crippen LogP contribution in [0.15, 0.2) is 18.2 Å². The summed E-state index contributed by atoms with van der Waals surface area (Å²) in [6.45, 7) is 1.97.